The summed E-state index contributed by atoms with van der Waals surface area (Å²) in [6, 6.07) is 0.687. The monoisotopic (exact) mass is 470 g/mol. The van der Waals surface area contributed by atoms with Crippen LogP contribution in [0.25, 0.3) is 0 Å². The Balaban J connectivity index is 1.69. The molecule has 1 unspecified atom stereocenters. The number of aromatic amines is 1. The molecule has 1 saturated heterocycles. The summed E-state index contributed by atoms with van der Waals surface area (Å²) in [5.74, 6) is -0.556. The van der Waals surface area contributed by atoms with Crippen LogP contribution in [0.2, 0.25) is 0 Å². The van der Waals surface area contributed by atoms with Crippen LogP contribution in [-0.2, 0) is 16.0 Å². The van der Waals surface area contributed by atoms with E-state index in [4.69, 9.17) is 5.73 Å². The van der Waals surface area contributed by atoms with Crippen molar-refractivity contribution in [3.63, 3.8) is 0 Å². The molecule has 2 atom stereocenters. The summed E-state index contributed by atoms with van der Waals surface area (Å²) in [7, 11) is 0. The van der Waals surface area contributed by atoms with E-state index in [2.05, 4.69) is 21.9 Å². The van der Waals surface area contributed by atoms with Crippen LogP contribution in [-0.4, -0.2) is 77.0 Å². The number of aliphatic imine (C=N–C) groups is 1. The Kier molecular flexibility index (Phi) is 8.53. The molecule has 1 aromatic heterocycles. The van der Waals surface area contributed by atoms with Gasteiger partial charge in [0, 0.05) is 45.4 Å². The van der Waals surface area contributed by atoms with Gasteiger partial charge < -0.3 is 25.8 Å². The second-order valence-corrected chi connectivity index (χ2v) is 8.33. The Morgan fingerprint density at radius 1 is 1.32 bits per heavy atom. The number of hydrogen-bond donors (Lipinski definition) is 3. The summed E-state index contributed by atoms with van der Waals surface area (Å²) in [6.07, 6.45) is 8.36. The highest BCUT2D eigenvalue weighted by atomic mass is 19.1. The van der Waals surface area contributed by atoms with Gasteiger partial charge >= 0.3 is 0 Å². The van der Waals surface area contributed by atoms with Gasteiger partial charge in [-0.15, -0.1) is 0 Å². The van der Waals surface area contributed by atoms with Crippen LogP contribution >= 0.6 is 0 Å². The third kappa shape index (κ3) is 6.50. The van der Waals surface area contributed by atoms with Crippen LogP contribution in [0.3, 0.4) is 0 Å². The molecule has 1 fully saturated rings. The Labute approximate surface area is 198 Å². The standard InChI is InChI=1S/C24H31FN6O3/c1-3-6-18(25)7-4-5-8-20(24(34)31-11-9-30(10-12-31)16(2)32)29-23(33)21-14-17-13-19(26)15-27-22(17)28-21/h3-4,6-7,14-15,19-20,28H,1,5,8-13,26H2,2H3,(H,29,33)/b7-4-,18-6+/t19-,20?/m0/s1. The van der Waals surface area contributed by atoms with Gasteiger partial charge in [0.1, 0.15) is 23.4 Å². The maximum absolute atomic E-state index is 13.6. The van der Waals surface area contributed by atoms with Crippen molar-refractivity contribution in [3.05, 3.63) is 54.0 Å². The third-order valence-corrected chi connectivity index (χ3v) is 5.79. The van der Waals surface area contributed by atoms with Gasteiger partial charge in [0.2, 0.25) is 11.8 Å². The van der Waals surface area contributed by atoms with Crippen LogP contribution in [0.5, 0.6) is 0 Å². The Bertz CT molecular complexity index is 1020. The molecule has 0 aromatic carbocycles. The van der Waals surface area contributed by atoms with Crippen molar-refractivity contribution in [3.8, 4) is 0 Å². The summed E-state index contributed by atoms with van der Waals surface area (Å²) in [5.41, 5.74) is 7.03. The maximum atomic E-state index is 13.6. The predicted octanol–water partition coefficient (Wildman–Crippen LogP) is 1.77. The number of allylic oxidation sites excluding steroid dienone is 5. The van der Waals surface area contributed by atoms with Gasteiger partial charge in [0.25, 0.3) is 5.91 Å². The van der Waals surface area contributed by atoms with Crippen molar-refractivity contribution in [1.29, 1.82) is 0 Å². The zero-order valence-corrected chi connectivity index (χ0v) is 19.3. The summed E-state index contributed by atoms with van der Waals surface area (Å²) >= 11 is 0. The molecule has 182 valence electrons. The number of H-pyrrole nitrogens is 1. The van der Waals surface area contributed by atoms with Gasteiger partial charge in [-0.2, -0.15) is 0 Å². The van der Waals surface area contributed by atoms with E-state index in [1.165, 1.54) is 25.2 Å². The highest BCUT2D eigenvalue weighted by Gasteiger charge is 2.30. The quantitative estimate of drug-likeness (QED) is 0.501. The average molecular weight is 471 g/mol. The number of aromatic nitrogens is 1. The molecule has 1 aromatic rings. The van der Waals surface area contributed by atoms with Crippen molar-refractivity contribution < 1.29 is 18.8 Å². The molecule has 3 amide bonds. The zero-order valence-electron chi connectivity index (χ0n) is 19.3. The smallest absolute Gasteiger partial charge is 0.268 e. The van der Waals surface area contributed by atoms with Crippen LogP contribution in [0.15, 0.2) is 47.8 Å². The van der Waals surface area contributed by atoms with Gasteiger partial charge in [0.05, 0.1) is 0 Å². The average Bonchev–Trinajstić information content (AvgIpc) is 3.24. The SMILES string of the molecule is C=C/C=C(F)\C=C/CCC(NC(=O)c1cc2c([nH]1)N=C[C@@H](N)C2)C(=O)N1CCN(C(C)=O)CC1. The van der Waals surface area contributed by atoms with Gasteiger partial charge in [-0.25, -0.2) is 9.38 Å². The molecule has 10 heteroatoms. The molecule has 3 heterocycles. The molecule has 2 aliphatic rings. The van der Waals surface area contributed by atoms with Crippen LogP contribution in [0.1, 0.15) is 35.8 Å². The molecule has 9 nitrogen and oxygen atoms in total. The minimum atomic E-state index is -0.807. The van der Waals surface area contributed by atoms with E-state index in [9.17, 15) is 18.8 Å². The fourth-order valence-electron chi connectivity index (χ4n) is 3.94. The topological polar surface area (TPSA) is 124 Å². The Morgan fingerprint density at radius 2 is 2.03 bits per heavy atom. The third-order valence-electron chi connectivity index (χ3n) is 5.79. The minimum absolute atomic E-state index is 0.0326. The first-order valence-electron chi connectivity index (χ1n) is 11.3. The molecule has 0 aliphatic carbocycles. The van der Waals surface area contributed by atoms with Gasteiger partial charge in [-0.05, 0) is 43.0 Å². The van der Waals surface area contributed by atoms with Crippen molar-refractivity contribution in [2.45, 2.75) is 38.3 Å². The number of carbonyl (C=O) groups is 3. The van der Waals surface area contributed by atoms with Gasteiger partial charge in [-0.1, -0.05) is 18.7 Å². The van der Waals surface area contributed by atoms with E-state index in [1.54, 1.807) is 28.2 Å². The fourth-order valence-corrected chi connectivity index (χ4v) is 3.94. The lowest BCUT2D eigenvalue weighted by Gasteiger charge is -2.36. The lowest BCUT2D eigenvalue weighted by Crippen LogP contribution is -2.55. The van der Waals surface area contributed by atoms with E-state index in [-0.39, 0.29) is 17.9 Å². The minimum Gasteiger partial charge on any atom is -0.339 e. The van der Waals surface area contributed by atoms with E-state index in [0.29, 0.717) is 57.0 Å². The van der Waals surface area contributed by atoms with Crippen molar-refractivity contribution in [2.24, 2.45) is 10.7 Å². The van der Waals surface area contributed by atoms with Crippen LogP contribution < -0.4 is 11.1 Å². The van der Waals surface area contributed by atoms with Crippen molar-refractivity contribution >= 4 is 29.8 Å². The zero-order chi connectivity index (χ0) is 24.7. The molecule has 0 saturated carbocycles. The van der Waals surface area contributed by atoms with E-state index in [0.717, 1.165) is 5.56 Å². The summed E-state index contributed by atoms with van der Waals surface area (Å²) < 4.78 is 13.6. The number of nitrogens with two attached hydrogens (primary N) is 1. The molecule has 2 aliphatic heterocycles. The molecule has 0 radical (unpaired) electrons. The number of nitrogens with zero attached hydrogens (tertiary/aromatic N) is 3. The largest absolute Gasteiger partial charge is 0.339 e. The number of nitrogens with one attached hydrogen (secondary N) is 2. The number of amides is 3. The summed E-state index contributed by atoms with van der Waals surface area (Å²) in [5, 5.41) is 2.81. The van der Waals surface area contributed by atoms with Crippen LogP contribution in [0.4, 0.5) is 10.2 Å². The van der Waals surface area contributed by atoms with Crippen molar-refractivity contribution in [2.75, 3.05) is 26.2 Å². The highest BCUT2D eigenvalue weighted by molar-refractivity contribution is 5.97. The van der Waals surface area contributed by atoms with Gasteiger partial charge in [0.15, 0.2) is 0 Å². The fraction of sp³-hybridized carbons (Fsp3) is 0.417. The van der Waals surface area contributed by atoms with E-state index in [1.807, 2.05) is 0 Å². The number of halogens is 1. The first-order chi connectivity index (χ1) is 16.3. The molecule has 0 bridgehead atoms. The number of rotatable bonds is 8. The van der Waals surface area contributed by atoms with E-state index >= 15 is 0 Å². The molecule has 34 heavy (non-hydrogen) atoms. The second-order valence-electron chi connectivity index (χ2n) is 8.33. The normalized spacial score (nSPS) is 19.1. The summed E-state index contributed by atoms with van der Waals surface area (Å²) in [4.78, 5) is 48.3. The number of fused-ring (bicyclic) bond motifs is 1. The van der Waals surface area contributed by atoms with Crippen LogP contribution in [0, 0.1) is 0 Å². The lowest BCUT2D eigenvalue weighted by molar-refractivity contribution is -0.139. The predicted molar refractivity (Wildman–Crippen MR) is 128 cm³/mol. The van der Waals surface area contributed by atoms with Gasteiger partial charge in [-0.3, -0.25) is 14.4 Å². The Morgan fingerprint density at radius 3 is 2.71 bits per heavy atom. The molecular weight excluding hydrogens is 439 g/mol. The molecule has 0 spiro atoms. The Hall–Kier alpha value is -3.53. The highest BCUT2D eigenvalue weighted by Crippen LogP contribution is 2.24. The van der Waals surface area contributed by atoms with E-state index < -0.39 is 17.8 Å². The first-order valence-corrected chi connectivity index (χ1v) is 11.3. The van der Waals surface area contributed by atoms with Crippen molar-refractivity contribution in [1.82, 2.24) is 20.1 Å². The molecule has 3 rings (SSSR count). The lowest BCUT2D eigenvalue weighted by atomic mass is 10.1. The first kappa shape index (κ1) is 25.1. The number of piperazine rings is 1. The molecular formula is C24H31FN6O3. The second kappa shape index (κ2) is 11.6. The number of hydrogen-bond acceptors (Lipinski definition) is 5. The molecule has 4 N–H and O–H groups in total. The maximum Gasteiger partial charge on any atom is 0.268 e. The summed E-state index contributed by atoms with van der Waals surface area (Å²) in [6.45, 7) is 6.62. The number of carbonyl (C=O) groups excluding carboxylic acids is 3.